The van der Waals surface area contributed by atoms with Crippen LogP contribution in [0.25, 0.3) is 0 Å². The van der Waals surface area contributed by atoms with Gasteiger partial charge < -0.3 is 15.8 Å². The maximum atomic E-state index is 11.7. The number of hydrogen-bond donors (Lipinski definition) is 2. The van der Waals surface area contributed by atoms with Gasteiger partial charge in [-0.15, -0.1) is 0 Å². The Balaban J connectivity index is 2.61. The minimum Gasteiger partial charge on any atom is -0.444 e. The summed E-state index contributed by atoms with van der Waals surface area (Å²) in [5, 5.41) is 13.4. The van der Waals surface area contributed by atoms with E-state index in [0.29, 0.717) is 11.3 Å². The number of nitrogens with two attached hydrogens (primary N) is 1. The first-order valence-corrected chi connectivity index (χ1v) is 8.34. The predicted octanol–water partition coefficient (Wildman–Crippen LogP) is 2.21. The average Bonchev–Trinajstić information content (AvgIpc) is 2.44. The third kappa shape index (κ3) is 6.86. The number of nitro groups is 1. The van der Waals surface area contributed by atoms with E-state index in [4.69, 9.17) is 10.5 Å². The number of carbonyl (C=O) groups is 2. The monoisotopic (exact) mass is 355 g/mol. The highest BCUT2D eigenvalue weighted by molar-refractivity contribution is 7.98. The van der Waals surface area contributed by atoms with E-state index in [2.05, 4.69) is 5.32 Å². The summed E-state index contributed by atoms with van der Waals surface area (Å²) in [6, 6.07) is 5.43. The number of nitrogens with zero attached hydrogens (tertiary/aromatic N) is 1. The maximum absolute atomic E-state index is 11.7. The number of carbonyl (C=O) groups excluding carboxylic acids is 2. The van der Waals surface area contributed by atoms with Gasteiger partial charge in [0.25, 0.3) is 5.69 Å². The first-order chi connectivity index (χ1) is 11.1. The van der Waals surface area contributed by atoms with Gasteiger partial charge in [-0.2, -0.15) is 11.8 Å². The highest BCUT2D eigenvalue weighted by atomic mass is 32.2. The standard InChI is InChI=1S/C15H21N3O5S/c1-15(2,3)23-14(20)17-11(13(16)19)9-24-8-10-6-4-5-7-12(10)18(21)22/h4-7,11H,8-9H2,1-3H3,(H2,16,19)(H,17,20)/t11-/m0/s1. The topological polar surface area (TPSA) is 125 Å². The Morgan fingerprint density at radius 2 is 2.00 bits per heavy atom. The molecule has 0 saturated heterocycles. The molecule has 1 atom stereocenters. The summed E-state index contributed by atoms with van der Waals surface area (Å²) in [5.74, 6) is -0.201. The molecule has 1 rings (SSSR count). The van der Waals surface area contributed by atoms with E-state index in [1.54, 1.807) is 39.0 Å². The molecule has 0 saturated carbocycles. The van der Waals surface area contributed by atoms with E-state index < -0.39 is 28.6 Å². The van der Waals surface area contributed by atoms with Crippen molar-refractivity contribution in [2.75, 3.05) is 5.75 Å². The molecule has 1 aromatic carbocycles. The van der Waals surface area contributed by atoms with E-state index in [0.717, 1.165) is 0 Å². The van der Waals surface area contributed by atoms with Crippen LogP contribution in [0.5, 0.6) is 0 Å². The highest BCUT2D eigenvalue weighted by Gasteiger charge is 2.23. The number of benzene rings is 1. The molecule has 0 aromatic heterocycles. The Morgan fingerprint density at radius 1 is 1.38 bits per heavy atom. The van der Waals surface area contributed by atoms with E-state index in [9.17, 15) is 19.7 Å². The lowest BCUT2D eigenvalue weighted by Crippen LogP contribution is -2.47. The smallest absolute Gasteiger partial charge is 0.408 e. The zero-order valence-corrected chi connectivity index (χ0v) is 14.6. The fraction of sp³-hybridized carbons (Fsp3) is 0.467. The lowest BCUT2D eigenvalue weighted by molar-refractivity contribution is -0.385. The zero-order valence-electron chi connectivity index (χ0n) is 13.8. The molecule has 0 aliphatic heterocycles. The number of thioether (sulfide) groups is 1. The number of nitro benzene ring substituents is 1. The molecular formula is C15H21N3O5S. The molecular weight excluding hydrogens is 334 g/mol. The highest BCUT2D eigenvalue weighted by Crippen LogP contribution is 2.23. The number of para-hydroxylation sites is 1. The molecule has 0 radical (unpaired) electrons. The van der Waals surface area contributed by atoms with Gasteiger partial charge in [0.15, 0.2) is 0 Å². The molecule has 0 aliphatic carbocycles. The van der Waals surface area contributed by atoms with Crippen LogP contribution >= 0.6 is 11.8 Å². The van der Waals surface area contributed by atoms with E-state index in [-0.39, 0.29) is 11.4 Å². The summed E-state index contributed by atoms with van der Waals surface area (Å²) in [6.45, 7) is 5.11. The van der Waals surface area contributed by atoms with Crippen molar-refractivity contribution in [1.29, 1.82) is 0 Å². The lowest BCUT2D eigenvalue weighted by atomic mass is 10.2. The maximum Gasteiger partial charge on any atom is 0.408 e. The van der Waals surface area contributed by atoms with Gasteiger partial charge in [-0.25, -0.2) is 4.79 Å². The van der Waals surface area contributed by atoms with Crippen molar-refractivity contribution in [3.8, 4) is 0 Å². The summed E-state index contributed by atoms with van der Waals surface area (Å²) in [6.07, 6.45) is -0.738. The second-order valence-corrected chi connectivity index (χ2v) is 7.03. The summed E-state index contributed by atoms with van der Waals surface area (Å²) in [5.41, 5.74) is 5.13. The SMILES string of the molecule is CC(C)(C)OC(=O)N[C@@H](CSCc1ccccc1[N+](=O)[O-])C(N)=O. The minimum absolute atomic E-state index is 0.0146. The van der Waals surface area contributed by atoms with Crippen LogP contribution in [-0.2, 0) is 15.3 Å². The summed E-state index contributed by atoms with van der Waals surface area (Å²) >= 11 is 1.26. The molecule has 24 heavy (non-hydrogen) atoms. The molecule has 0 bridgehead atoms. The lowest BCUT2D eigenvalue weighted by Gasteiger charge is -2.22. The van der Waals surface area contributed by atoms with Gasteiger partial charge >= 0.3 is 6.09 Å². The number of primary amides is 1. The van der Waals surface area contributed by atoms with Gasteiger partial charge in [0, 0.05) is 23.1 Å². The van der Waals surface area contributed by atoms with Crippen LogP contribution in [0, 0.1) is 10.1 Å². The fourth-order valence-corrected chi connectivity index (χ4v) is 2.81. The van der Waals surface area contributed by atoms with E-state index in [1.807, 2.05) is 0 Å². The van der Waals surface area contributed by atoms with Gasteiger partial charge in [0.05, 0.1) is 4.92 Å². The predicted molar refractivity (Wildman–Crippen MR) is 91.6 cm³/mol. The summed E-state index contributed by atoms with van der Waals surface area (Å²) in [4.78, 5) is 33.7. The average molecular weight is 355 g/mol. The van der Waals surface area contributed by atoms with Crippen LogP contribution in [0.15, 0.2) is 24.3 Å². The Hall–Kier alpha value is -2.29. The Kier molecular flexibility index (Phi) is 7.02. The van der Waals surface area contributed by atoms with Gasteiger partial charge in [-0.3, -0.25) is 14.9 Å². The normalized spacial score (nSPS) is 12.3. The molecule has 132 valence electrons. The quantitative estimate of drug-likeness (QED) is 0.570. The fourth-order valence-electron chi connectivity index (χ4n) is 1.74. The van der Waals surface area contributed by atoms with Crippen LogP contribution in [-0.4, -0.2) is 34.3 Å². The van der Waals surface area contributed by atoms with Crippen molar-refractivity contribution in [3.63, 3.8) is 0 Å². The molecule has 3 N–H and O–H groups in total. The third-order valence-electron chi connectivity index (χ3n) is 2.76. The van der Waals surface area contributed by atoms with Crippen LogP contribution in [0.2, 0.25) is 0 Å². The molecule has 0 heterocycles. The van der Waals surface area contributed by atoms with Crippen molar-refractivity contribution in [2.45, 2.75) is 38.2 Å². The molecule has 8 nitrogen and oxygen atoms in total. The van der Waals surface area contributed by atoms with E-state index >= 15 is 0 Å². The Labute approximate surface area is 144 Å². The molecule has 0 spiro atoms. The minimum atomic E-state index is -0.924. The Bertz CT molecular complexity index is 615. The third-order valence-corrected chi connectivity index (χ3v) is 3.85. The molecule has 2 amide bonds. The molecule has 1 aromatic rings. The number of ether oxygens (including phenoxy) is 1. The van der Waals surface area contributed by atoms with Crippen molar-refractivity contribution >= 4 is 29.4 Å². The molecule has 0 unspecified atom stereocenters. The van der Waals surface area contributed by atoms with Crippen molar-refractivity contribution in [2.24, 2.45) is 5.73 Å². The Morgan fingerprint density at radius 3 is 2.54 bits per heavy atom. The number of rotatable bonds is 7. The first-order valence-electron chi connectivity index (χ1n) is 7.19. The van der Waals surface area contributed by atoms with Crippen molar-refractivity contribution in [3.05, 3.63) is 39.9 Å². The molecule has 9 heteroatoms. The van der Waals surface area contributed by atoms with Crippen LogP contribution < -0.4 is 11.1 Å². The first kappa shape index (κ1) is 19.8. The zero-order chi connectivity index (χ0) is 18.3. The largest absolute Gasteiger partial charge is 0.444 e. The van der Waals surface area contributed by atoms with Gasteiger partial charge in [0.1, 0.15) is 11.6 Å². The van der Waals surface area contributed by atoms with Gasteiger partial charge in [-0.05, 0) is 20.8 Å². The number of alkyl carbamates (subject to hydrolysis) is 1. The van der Waals surface area contributed by atoms with Gasteiger partial charge in [0.2, 0.25) is 5.91 Å². The second-order valence-electron chi connectivity index (χ2n) is 6.00. The van der Waals surface area contributed by atoms with Crippen molar-refractivity contribution in [1.82, 2.24) is 5.32 Å². The van der Waals surface area contributed by atoms with Crippen LogP contribution in [0.1, 0.15) is 26.3 Å². The van der Waals surface area contributed by atoms with Crippen LogP contribution in [0.3, 0.4) is 0 Å². The summed E-state index contributed by atoms with van der Waals surface area (Å²) < 4.78 is 5.08. The van der Waals surface area contributed by atoms with E-state index in [1.165, 1.54) is 17.8 Å². The number of nitrogens with one attached hydrogen (secondary N) is 1. The van der Waals surface area contributed by atoms with Crippen LogP contribution in [0.4, 0.5) is 10.5 Å². The molecule has 0 aliphatic rings. The summed E-state index contributed by atoms with van der Waals surface area (Å²) in [7, 11) is 0. The molecule has 0 fully saturated rings. The van der Waals surface area contributed by atoms with Crippen molar-refractivity contribution < 1.29 is 19.2 Å². The number of amides is 2. The second kappa shape index (κ2) is 8.53. The number of hydrogen-bond acceptors (Lipinski definition) is 6. The van der Waals surface area contributed by atoms with Gasteiger partial charge in [-0.1, -0.05) is 18.2 Å².